The van der Waals surface area contributed by atoms with Gasteiger partial charge in [0, 0.05) is 36.4 Å². The van der Waals surface area contributed by atoms with Gasteiger partial charge in [-0.2, -0.15) is 0 Å². The molecule has 0 fully saturated rings. The number of nitrogens with one attached hydrogen (secondary N) is 1. The first kappa shape index (κ1) is 14.5. The van der Waals surface area contributed by atoms with Gasteiger partial charge in [-0.25, -0.2) is 4.98 Å². The number of benzene rings is 1. The molecule has 1 aromatic carbocycles. The average molecular weight is 302 g/mol. The van der Waals surface area contributed by atoms with Crippen LogP contribution in [0.5, 0.6) is 5.75 Å². The number of rotatable bonds is 4. The van der Waals surface area contributed by atoms with Crippen molar-refractivity contribution in [3.63, 3.8) is 0 Å². The van der Waals surface area contributed by atoms with Crippen molar-refractivity contribution in [1.82, 2.24) is 10.3 Å². The molecule has 1 unspecified atom stereocenters. The molecule has 1 aliphatic rings. The lowest BCUT2D eigenvalue weighted by Gasteiger charge is -2.38. The van der Waals surface area contributed by atoms with Crippen molar-refractivity contribution in [2.75, 3.05) is 6.54 Å². The number of hydrogen-bond acceptors (Lipinski definition) is 4. The van der Waals surface area contributed by atoms with Crippen LogP contribution in [0.1, 0.15) is 42.6 Å². The van der Waals surface area contributed by atoms with Gasteiger partial charge in [0.1, 0.15) is 11.4 Å². The normalized spacial score (nSPS) is 19.9. The van der Waals surface area contributed by atoms with Crippen LogP contribution in [0.2, 0.25) is 0 Å². The van der Waals surface area contributed by atoms with Gasteiger partial charge >= 0.3 is 0 Å². The Hall–Kier alpha value is -1.39. The summed E-state index contributed by atoms with van der Waals surface area (Å²) in [5.41, 5.74) is 2.33. The van der Waals surface area contributed by atoms with Gasteiger partial charge in [0.25, 0.3) is 0 Å². The second kappa shape index (κ2) is 5.78. The Morgan fingerprint density at radius 1 is 1.38 bits per heavy atom. The van der Waals surface area contributed by atoms with E-state index in [9.17, 15) is 0 Å². The smallest absolute Gasteiger partial charge is 0.124 e. The van der Waals surface area contributed by atoms with Gasteiger partial charge in [-0.3, -0.25) is 0 Å². The minimum atomic E-state index is -0.122. The van der Waals surface area contributed by atoms with E-state index in [1.807, 2.05) is 6.07 Å². The van der Waals surface area contributed by atoms with Gasteiger partial charge in [-0.05, 0) is 26.8 Å². The third kappa shape index (κ3) is 3.44. The quantitative estimate of drug-likeness (QED) is 0.930. The van der Waals surface area contributed by atoms with Crippen LogP contribution in [-0.4, -0.2) is 17.1 Å². The minimum Gasteiger partial charge on any atom is -0.487 e. The standard InChI is InChI=1S/C17H22N2OS/c1-12-19-13(11-21-12)8-9-18-15-10-17(2,3)20-16-7-5-4-6-14(15)16/h4-7,11,15,18H,8-10H2,1-3H3. The molecule has 1 aromatic heterocycles. The van der Waals surface area contributed by atoms with E-state index in [1.54, 1.807) is 11.3 Å². The Morgan fingerprint density at radius 3 is 2.95 bits per heavy atom. The van der Waals surface area contributed by atoms with Crippen molar-refractivity contribution in [3.05, 3.63) is 45.9 Å². The van der Waals surface area contributed by atoms with Crippen molar-refractivity contribution < 1.29 is 4.74 Å². The number of aromatic nitrogens is 1. The maximum atomic E-state index is 6.07. The summed E-state index contributed by atoms with van der Waals surface area (Å²) >= 11 is 1.72. The van der Waals surface area contributed by atoms with Crippen LogP contribution in [0, 0.1) is 6.92 Å². The first-order valence-electron chi connectivity index (χ1n) is 7.46. The zero-order valence-corrected chi connectivity index (χ0v) is 13.7. The lowest BCUT2D eigenvalue weighted by atomic mass is 9.89. The summed E-state index contributed by atoms with van der Waals surface area (Å²) in [5.74, 6) is 1.01. The van der Waals surface area contributed by atoms with Crippen molar-refractivity contribution in [1.29, 1.82) is 0 Å². The van der Waals surface area contributed by atoms with Gasteiger partial charge in [0.2, 0.25) is 0 Å². The van der Waals surface area contributed by atoms with E-state index in [1.165, 1.54) is 11.3 Å². The highest BCUT2D eigenvalue weighted by molar-refractivity contribution is 7.09. The van der Waals surface area contributed by atoms with Crippen LogP contribution in [0.3, 0.4) is 0 Å². The third-order valence-corrected chi connectivity index (χ3v) is 4.64. The summed E-state index contributed by atoms with van der Waals surface area (Å²) in [6.07, 6.45) is 1.96. The molecule has 21 heavy (non-hydrogen) atoms. The summed E-state index contributed by atoms with van der Waals surface area (Å²) in [7, 11) is 0. The number of ether oxygens (including phenoxy) is 1. The average Bonchev–Trinajstić information content (AvgIpc) is 2.83. The van der Waals surface area contributed by atoms with Gasteiger partial charge in [-0.1, -0.05) is 18.2 Å². The number of fused-ring (bicyclic) bond motifs is 1. The molecule has 1 aliphatic heterocycles. The van der Waals surface area contributed by atoms with E-state index in [2.05, 4.69) is 54.7 Å². The van der Waals surface area contributed by atoms with Crippen LogP contribution in [-0.2, 0) is 6.42 Å². The molecule has 2 heterocycles. The zero-order valence-electron chi connectivity index (χ0n) is 12.8. The number of nitrogens with zero attached hydrogens (tertiary/aromatic N) is 1. The number of hydrogen-bond donors (Lipinski definition) is 1. The molecular weight excluding hydrogens is 280 g/mol. The molecule has 3 rings (SSSR count). The van der Waals surface area contributed by atoms with Crippen LogP contribution in [0.15, 0.2) is 29.6 Å². The predicted molar refractivity (Wildman–Crippen MR) is 87.1 cm³/mol. The van der Waals surface area contributed by atoms with Crippen LogP contribution < -0.4 is 10.1 Å². The monoisotopic (exact) mass is 302 g/mol. The first-order chi connectivity index (χ1) is 10.0. The highest BCUT2D eigenvalue weighted by atomic mass is 32.1. The van der Waals surface area contributed by atoms with E-state index in [4.69, 9.17) is 4.74 Å². The largest absolute Gasteiger partial charge is 0.487 e. The van der Waals surface area contributed by atoms with Gasteiger partial charge < -0.3 is 10.1 Å². The Labute approximate surface area is 130 Å². The van der Waals surface area contributed by atoms with Crippen LogP contribution >= 0.6 is 11.3 Å². The molecule has 0 bridgehead atoms. The lowest BCUT2D eigenvalue weighted by Crippen LogP contribution is -2.40. The molecule has 0 spiro atoms. The van der Waals surface area contributed by atoms with Crippen molar-refractivity contribution in [3.8, 4) is 5.75 Å². The van der Waals surface area contributed by atoms with Crippen molar-refractivity contribution in [2.45, 2.75) is 45.3 Å². The Kier molecular flexibility index (Phi) is 4.00. The molecule has 3 nitrogen and oxygen atoms in total. The number of thiazole rings is 1. The molecule has 4 heteroatoms. The summed E-state index contributed by atoms with van der Waals surface area (Å²) < 4.78 is 6.07. The molecule has 0 saturated carbocycles. The second-order valence-corrected chi connectivity index (χ2v) is 7.28. The second-order valence-electron chi connectivity index (χ2n) is 6.22. The van der Waals surface area contributed by atoms with E-state index in [0.717, 1.165) is 30.1 Å². The highest BCUT2D eigenvalue weighted by Crippen LogP contribution is 2.39. The van der Waals surface area contributed by atoms with Crippen LogP contribution in [0.4, 0.5) is 0 Å². The summed E-state index contributed by atoms with van der Waals surface area (Å²) in [5, 5.41) is 6.97. The predicted octanol–water partition coefficient (Wildman–Crippen LogP) is 3.89. The summed E-state index contributed by atoms with van der Waals surface area (Å²) in [6.45, 7) is 7.31. The number of para-hydroxylation sites is 1. The maximum Gasteiger partial charge on any atom is 0.124 e. The molecule has 112 valence electrons. The fourth-order valence-corrected chi connectivity index (χ4v) is 3.53. The van der Waals surface area contributed by atoms with Crippen LogP contribution in [0.25, 0.3) is 0 Å². The van der Waals surface area contributed by atoms with E-state index in [-0.39, 0.29) is 5.60 Å². The summed E-state index contributed by atoms with van der Waals surface area (Å²) in [4.78, 5) is 4.52. The maximum absolute atomic E-state index is 6.07. The minimum absolute atomic E-state index is 0.122. The third-order valence-electron chi connectivity index (χ3n) is 3.81. The molecular formula is C17H22N2OS. The van der Waals surface area contributed by atoms with Gasteiger partial charge in [0.15, 0.2) is 0 Å². The molecule has 0 saturated heterocycles. The topological polar surface area (TPSA) is 34.2 Å². The molecule has 0 aliphatic carbocycles. The first-order valence-corrected chi connectivity index (χ1v) is 8.34. The molecule has 2 aromatic rings. The highest BCUT2D eigenvalue weighted by Gasteiger charge is 2.33. The van der Waals surface area contributed by atoms with Gasteiger partial charge in [0.05, 0.1) is 10.7 Å². The van der Waals surface area contributed by atoms with Gasteiger partial charge in [-0.15, -0.1) is 11.3 Å². The fraction of sp³-hybridized carbons (Fsp3) is 0.471. The molecule has 1 atom stereocenters. The Morgan fingerprint density at radius 2 is 2.19 bits per heavy atom. The van der Waals surface area contributed by atoms with E-state index >= 15 is 0 Å². The molecule has 1 N–H and O–H groups in total. The SMILES string of the molecule is Cc1nc(CCNC2CC(C)(C)Oc3ccccc32)cs1. The van der Waals surface area contributed by atoms with E-state index in [0.29, 0.717) is 6.04 Å². The number of aryl methyl sites for hydroxylation is 1. The van der Waals surface area contributed by atoms with Crippen molar-refractivity contribution in [2.24, 2.45) is 0 Å². The lowest BCUT2D eigenvalue weighted by molar-refractivity contribution is 0.0662. The summed E-state index contributed by atoms with van der Waals surface area (Å²) in [6, 6.07) is 8.70. The molecule has 0 radical (unpaired) electrons. The van der Waals surface area contributed by atoms with Crippen molar-refractivity contribution >= 4 is 11.3 Å². The Bertz CT molecular complexity index is 621. The molecule has 0 amide bonds. The van der Waals surface area contributed by atoms with E-state index < -0.39 is 0 Å². The zero-order chi connectivity index (χ0) is 14.9. The Balaban J connectivity index is 1.67. The fourth-order valence-electron chi connectivity index (χ4n) is 2.88.